The number of amides is 1. The number of fused-ring (bicyclic) bond motifs is 1. The average molecular weight is 503 g/mol. The second-order valence-electron chi connectivity index (χ2n) is 9.86. The molecule has 0 radical (unpaired) electrons. The highest BCUT2D eigenvalue weighted by Crippen LogP contribution is 2.38. The highest BCUT2D eigenvalue weighted by molar-refractivity contribution is 6.02. The molecule has 0 aliphatic carbocycles. The third-order valence-corrected chi connectivity index (χ3v) is 6.98. The minimum absolute atomic E-state index is 0.218. The number of hydrogen-bond acceptors (Lipinski definition) is 8. The number of carbonyl (C=O) groups excluding carboxylic acids is 1. The normalized spacial score (nSPS) is 15.8. The monoisotopic (exact) mass is 502 g/mol. The predicted molar refractivity (Wildman–Crippen MR) is 138 cm³/mol. The van der Waals surface area contributed by atoms with Gasteiger partial charge in [0.2, 0.25) is 5.95 Å². The first-order chi connectivity index (χ1) is 17.9. The van der Waals surface area contributed by atoms with Crippen molar-refractivity contribution in [2.45, 2.75) is 0 Å². The molecule has 0 atom stereocenters. The Bertz CT molecular complexity index is 1490. The summed E-state index contributed by atoms with van der Waals surface area (Å²) in [6.45, 7) is 4.27. The number of methoxy groups -OCH3 is 1. The fourth-order valence-electron chi connectivity index (χ4n) is 4.96. The standard InChI is InChI=1S/C26H27FN8O2/c1-33(2)24(36)20-9-18-11-30-25(32-35(18)23(20)19-6-4-16(27)8-21(19)37-3)31-22-7-5-17(10-29-22)34-14-26(15-34)12-28-13-26/h4-11,28H,12-15H2,1-3H3,(H,29,31,32). The largest absolute Gasteiger partial charge is 0.496 e. The van der Waals surface area contributed by atoms with Gasteiger partial charge in [-0.25, -0.2) is 18.9 Å². The molecule has 190 valence electrons. The third kappa shape index (κ3) is 4.01. The number of nitrogens with zero attached hydrogens (tertiary/aromatic N) is 6. The third-order valence-electron chi connectivity index (χ3n) is 6.98. The van der Waals surface area contributed by atoms with Gasteiger partial charge < -0.3 is 25.2 Å². The van der Waals surface area contributed by atoms with Crippen LogP contribution in [0.4, 0.5) is 21.8 Å². The van der Waals surface area contributed by atoms with Crippen LogP contribution >= 0.6 is 0 Å². The fourth-order valence-corrected chi connectivity index (χ4v) is 4.96. The molecule has 1 amide bonds. The molecule has 0 unspecified atom stereocenters. The van der Waals surface area contributed by atoms with Crippen LogP contribution in [0, 0.1) is 11.2 Å². The van der Waals surface area contributed by atoms with Crippen LogP contribution in [0.5, 0.6) is 5.75 Å². The van der Waals surface area contributed by atoms with Crippen LogP contribution in [-0.2, 0) is 0 Å². The first-order valence-electron chi connectivity index (χ1n) is 12.0. The molecule has 2 aliphatic heterocycles. The molecule has 0 saturated carbocycles. The fraction of sp³-hybridized carbons (Fsp3) is 0.308. The number of ether oxygens (including phenoxy) is 1. The van der Waals surface area contributed by atoms with Crippen LogP contribution in [-0.4, -0.2) is 77.8 Å². The molecule has 10 nitrogen and oxygen atoms in total. The lowest BCUT2D eigenvalue weighted by Gasteiger charge is -2.57. The Kier molecular flexibility index (Phi) is 5.45. The maximum Gasteiger partial charge on any atom is 0.255 e. The number of carbonyl (C=O) groups is 1. The van der Waals surface area contributed by atoms with E-state index < -0.39 is 5.82 Å². The van der Waals surface area contributed by atoms with Crippen molar-refractivity contribution in [2.24, 2.45) is 5.41 Å². The number of rotatable bonds is 6. The number of pyridine rings is 1. The second-order valence-corrected chi connectivity index (χ2v) is 9.86. The second kappa shape index (κ2) is 8.70. The van der Waals surface area contributed by atoms with Gasteiger partial charge in [0.1, 0.15) is 17.4 Å². The molecule has 2 N–H and O–H groups in total. The van der Waals surface area contributed by atoms with Gasteiger partial charge in [-0.1, -0.05) is 0 Å². The number of anilines is 3. The van der Waals surface area contributed by atoms with E-state index in [1.165, 1.54) is 24.1 Å². The zero-order valence-electron chi connectivity index (χ0n) is 20.8. The molecule has 11 heteroatoms. The Morgan fingerprint density at radius 1 is 1.14 bits per heavy atom. The smallest absolute Gasteiger partial charge is 0.255 e. The van der Waals surface area contributed by atoms with E-state index >= 15 is 0 Å². The molecular weight excluding hydrogens is 475 g/mol. The number of hydrogen-bond donors (Lipinski definition) is 2. The van der Waals surface area contributed by atoms with E-state index in [4.69, 9.17) is 4.74 Å². The summed E-state index contributed by atoms with van der Waals surface area (Å²) in [5.74, 6) is 0.540. The molecule has 37 heavy (non-hydrogen) atoms. The van der Waals surface area contributed by atoms with Gasteiger partial charge in [-0.05, 0) is 30.3 Å². The zero-order chi connectivity index (χ0) is 25.7. The first kappa shape index (κ1) is 23.2. The van der Waals surface area contributed by atoms with Gasteiger partial charge in [0.15, 0.2) is 0 Å². The minimum atomic E-state index is -0.439. The molecule has 2 aliphatic rings. The SMILES string of the molecule is COc1cc(F)ccc1-c1c(C(=O)N(C)C)cc2cnc(Nc3ccc(N4CC5(CNC5)C4)cn3)nn12. The van der Waals surface area contributed by atoms with Crippen LogP contribution in [0.1, 0.15) is 10.4 Å². The summed E-state index contributed by atoms with van der Waals surface area (Å²) in [4.78, 5) is 25.8. The van der Waals surface area contributed by atoms with E-state index in [-0.39, 0.29) is 5.91 Å². The van der Waals surface area contributed by atoms with Crippen LogP contribution in [0.2, 0.25) is 0 Å². The van der Waals surface area contributed by atoms with Gasteiger partial charge in [0.05, 0.1) is 42.0 Å². The van der Waals surface area contributed by atoms with E-state index in [2.05, 4.69) is 30.6 Å². The lowest BCUT2D eigenvalue weighted by molar-refractivity contribution is 0.0828. The minimum Gasteiger partial charge on any atom is -0.496 e. The first-order valence-corrected chi connectivity index (χ1v) is 12.0. The molecule has 2 fully saturated rings. The van der Waals surface area contributed by atoms with E-state index in [0.717, 1.165) is 31.9 Å². The van der Waals surface area contributed by atoms with Gasteiger partial charge in [-0.3, -0.25) is 4.79 Å². The summed E-state index contributed by atoms with van der Waals surface area (Å²) in [6.07, 6.45) is 3.47. The van der Waals surface area contributed by atoms with E-state index in [0.29, 0.717) is 45.3 Å². The van der Waals surface area contributed by atoms with Crippen molar-refractivity contribution in [1.29, 1.82) is 0 Å². The predicted octanol–water partition coefficient (Wildman–Crippen LogP) is 2.79. The van der Waals surface area contributed by atoms with E-state index in [1.54, 1.807) is 36.9 Å². The molecule has 4 aromatic rings. The number of halogens is 1. The quantitative estimate of drug-likeness (QED) is 0.415. The zero-order valence-corrected chi connectivity index (χ0v) is 20.8. The summed E-state index contributed by atoms with van der Waals surface area (Å²) in [5, 5.41) is 11.1. The van der Waals surface area contributed by atoms with Crippen molar-refractivity contribution in [3.05, 3.63) is 60.2 Å². The molecular formula is C26H27FN8O2. The highest BCUT2D eigenvalue weighted by Gasteiger charge is 2.47. The number of benzene rings is 1. The summed E-state index contributed by atoms with van der Waals surface area (Å²) in [5.41, 5.74) is 3.55. The lowest BCUT2D eigenvalue weighted by Crippen LogP contribution is -2.71. The van der Waals surface area contributed by atoms with Crippen LogP contribution < -0.4 is 20.3 Å². The topological polar surface area (TPSA) is 99.9 Å². The van der Waals surface area contributed by atoms with Crippen molar-refractivity contribution in [3.63, 3.8) is 0 Å². The van der Waals surface area contributed by atoms with Gasteiger partial charge >= 0.3 is 0 Å². The maximum atomic E-state index is 13.9. The highest BCUT2D eigenvalue weighted by atomic mass is 19.1. The number of nitrogens with one attached hydrogen (secondary N) is 2. The molecule has 2 saturated heterocycles. The lowest BCUT2D eigenvalue weighted by atomic mass is 9.74. The van der Waals surface area contributed by atoms with Crippen molar-refractivity contribution in [1.82, 2.24) is 29.8 Å². The Labute approximate surface area is 213 Å². The average Bonchev–Trinajstić information content (AvgIpc) is 3.21. The van der Waals surface area contributed by atoms with Gasteiger partial charge in [0, 0.05) is 57.3 Å². The van der Waals surface area contributed by atoms with E-state index in [9.17, 15) is 9.18 Å². The molecule has 0 bridgehead atoms. The van der Waals surface area contributed by atoms with Gasteiger partial charge in [0.25, 0.3) is 5.91 Å². The van der Waals surface area contributed by atoms with Crippen molar-refractivity contribution < 1.29 is 13.9 Å². The van der Waals surface area contributed by atoms with Gasteiger partial charge in [-0.15, -0.1) is 5.10 Å². The van der Waals surface area contributed by atoms with Crippen LogP contribution in [0.3, 0.4) is 0 Å². The van der Waals surface area contributed by atoms with Crippen molar-refractivity contribution >= 4 is 28.9 Å². The molecule has 1 spiro atoms. The van der Waals surface area contributed by atoms with Gasteiger partial charge in [-0.2, -0.15) is 0 Å². The Balaban J connectivity index is 1.33. The van der Waals surface area contributed by atoms with E-state index in [1.807, 2.05) is 18.3 Å². The molecule has 6 rings (SSSR count). The Morgan fingerprint density at radius 2 is 1.95 bits per heavy atom. The summed E-state index contributed by atoms with van der Waals surface area (Å²) in [6, 6.07) is 9.84. The molecule has 5 heterocycles. The Morgan fingerprint density at radius 3 is 2.59 bits per heavy atom. The summed E-state index contributed by atoms with van der Waals surface area (Å²) in [7, 11) is 4.81. The van der Waals surface area contributed by atoms with Crippen LogP contribution in [0.15, 0.2) is 48.8 Å². The summed E-state index contributed by atoms with van der Waals surface area (Å²) < 4.78 is 21.0. The van der Waals surface area contributed by atoms with Crippen LogP contribution in [0.25, 0.3) is 16.8 Å². The number of aromatic nitrogens is 4. The molecule has 1 aromatic carbocycles. The summed E-state index contributed by atoms with van der Waals surface area (Å²) >= 11 is 0. The van der Waals surface area contributed by atoms with Crippen molar-refractivity contribution in [3.8, 4) is 17.0 Å². The Hall–Kier alpha value is -4.25. The molecule has 3 aromatic heterocycles. The van der Waals surface area contributed by atoms with Crippen molar-refractivity contribution in [2.75, 3.05) is 57.6 Å². The maximum absolute atomic E-state index is 13.9.